The molecule has 0 radical (unpaired) electrons. The lowest BCUT2D eigenvalue weighted by Crippen LogP contribution is -2.14. The number of hydrogen-bond acceptors (Lipinski definition) is 4. The third-order valence-electron chi connectivity index (χ3n) is 4.93. The summed E-state index contributed by atoms with van der Waals surface area (Å²) < 4.78 is 13.4. The lowest BCUT2D eigenvalue weighted by molar-refractivity contribution is 0.230. The summed E-state index contributed by atoms with van der Waals surface area (Å²) in [5, 5.41) is 8.28. The molecular weight excluding hydrogens is 362 g/mol. The molecule has 0 aliphatic carbocycles. The quantitative estimate of drug-likeness (QED) is 0.576. The summed E-state index contributed by atoms with van der Waals surface area (Å²) in [7, 11) is 1.67. The Morgan fingerprint density at radius 3 is 2.41 bits per heavy atom. The van der Waals surface area contributed by atoms with Gasteiger partial charge in [-0.3, -0.25) is 4.68 Å². The minimum absolute atomic E-state index is 0.117. The second-order valence-electron chi connectivity index (χ2n) is 7.55. The van der Waals surface area contributed by atoms with Gasteiger partial charge in [-0.15, -0.1) is 0 Å². The number of rotatable bonds is 9. The molecule has 0 aliphatic heterocycles. The second kappa shape index (κ2) is 9.61. The molecule has 0 spiro atoms. The van der Waals surface area contributed by atoms with Gasteiger partial charge in [-0.05, 0) is 51.0 Å². The normalized spacial score (nSPS) is 11.1. The van der Waals surface area contributed by atoms with Gasteiger partial charge in [0.05, 0.1) is 25.5 Å². The highest BCUT2D eigenvalue weighted by atomic mass is 16.5. The van der Waals surface area contributed by atoms with Crippen molar-refractivity contribution in [3.63, 3.8) is 0 Å². The van der Waals surface area contributed by atoms with Crippen LogP contribution in [0, 0.1) is 13.8 Å². The number of benzene rings is 2. The monoisotopic (exact) mass is 393 g/mol. The lowest BCUT2D eigenvalue weighted by Gasteiger charge is -2.15. The molecule has 0 aliphatic rings. The third kappa shape index (κ3) is 5.39. The zero-order valence-electron chi connectivity index (χ0n) is 18.0. The largest absolute Gasteiger partial charge is 0.493 e. The molecule has 1 aromatic heterocycles. The van der Waals surface area contributed by atoms with E-state index in [1.165, 1.54) is 16.8 Å². The molecule has 0 saturated heterocycles. The molecule has 0 saturated carbocycles. The van der Waals surface area contributed by atoms with E-state index < -0.39 is 0 Å². The molecule has 29 heavy (non-hydrogen) atoms. The number of ether oxygens (including phenoxy) is 2. The average molecular weight is 394 g/mol. The van der Waals surface area contributed by atoms with Crippen molar-refractivity contribution in [2.45, 2.75) is 53.4 Å². The number of nitrogens with one attached hydrogen (secondary N) is 1. The van der Waals surface area contributed by atoms with Crippen LogP contribution in [0.2, 0.25) is 0 Å². The van der Waals surface area contributed by atoms with E-state index in [1.807, 2.05) is 32.0 Å². The number of methoxy groups -OCH3 is 1. The van der Waals surface area contributed by atoms with E-state index in [9.17, 15) is 0 Å². The van der Waals surface area contributed by atoms with Crippen LogP contribution in [0.3, 0.4) is 0 Å². The van der Waals surface area contributed by atoms with E-state index in [0.717, 1.165) is 42.4 Å². The van der Waals surface area contributed by atoms with Crippen LogP contribution in [0.15, 0.2) is 48.5 Å². The van der Waals surface area contributed by atoms with Gasteiger partial charge in [-0.2, -0.15) is 5.10 Å². The molecule has 1 heterocycles. The predicted molar refractivity (Wildman–Crippen MR) is 117 cm³/mol. The maximum atomic E-state index is 5.79. The molecule has 5 nitrogen and oxygen atoms in total. The van der Waals surface area contributed by atoms with Crippen LogP contribution < -0.4 is 14.8 Å². The number of hydrogen-bond donors (Lipinski definition) is 1. The fourth-order valence-electron chi connectivity index (χ4n) is 3.41. The smallest absolute Gasteiger partial charge is 0.161 e. The molecule has 1 N–H and O–H groups in total. The van der Waals surface area contributed by atoms with Gasteiger partial charge in [-0.25, -0.2) is 0 Å². The summed E-state index contributed by atoms with van der Waals surface area (Å²) in [6, 6.07) is 16.5. The molecule has 0 fully saturated rings. The minimum Gasteiger partial charge on any atom is -0.493 e. The molecular formula is C24H31N3O2. The number of aryl methyl sites for hydroxylation is 1. The molecule has 0 unspecified atom stereocenters. The Morgan fingerprint density at radius 1 is 0.966 bits per heavy atom. The lowest BCUT2D eigenvalue weighted by atomic mass is 10.1. The van der Waals surface area contributed by atoms with Crippen LogP contribution in [0.1, 0.15) is 41.9 Å². The minimum atomic E-state index is 0.117. The predicted octanol–water partition coefficient (Wildman–Crippen LogP) is 4.63. The first-order valence-corrected chi connectivity index (χ1v) is 10.1. The highest BCUT2D eigenvalue weighted by Crippen LogP contribution is 2.29. The van der Waals surface area contributed by atoms with Gasteiger partial charge in [0.25, 0.3) is 0 Å². The maximum absolute atomic E-state index is 5.79. The van der Waals surface area contributed by atoms with Crippen molar-refractivity contribution in [2.24, 2.45) is 0 Å². The van der Waals surface area contributed by atoms with Crippen molar-refractivity contribution in [1.29, 1.82) is 0 Å². The van der Waals surface area contributed by atoms with Crippen molar-refractivity contribution in [1.82, 2.24) is 15.1 Å². The van der Waals surface area contributed by atoms with E-state index in [-0.39, 0.29) is 6.10 Å². The highest BCUT2D eigenvalue weighted by molar-refractivity contribution is 5.43. The molecule has 3 rings (SSSR count). The SMILES string of the molecule is COc1cc(CNCc2c(C)nn(Cc3ccccc3)c2C)ccc1OC(C)C. The number of aromatic nitrogens is 2. The van der Waals surface area contributed by atoms with Gasteiger partial charge in [0.1, 0.15) is 0 Å². The molecule has 0 bridgehead atoms. The second-order valence-corrected chi connectivity index (χ2v) is 7.55. The Balaban J connectivity index is 1.63. The number of nitrogens with zero attached hydrogens (tertiary/aromatic N) is 2. The first-order valence-electron chi connectivity index (χ1n) is 10.1. The Kier molecular flexibility index (Phi) is 6.94. The Labute approximate surface area is 173 Å². The average Bonchev–Trinajstić information content (AvgIpc) is 2.96. The van der Waals surface area contributed by atoms with Crippen molar-refractivity contribution >= 4 is 0 Å². The summed E-state index contributed by atoms with van der Waals surface area (Å²) in [6.07, 6.45) is 0.117. The van der Waals surface area contributed by atoms with Crippen LogP contribution in [0.5, 0.6) is 11.5 Å². The van der Waals surface area contributed by atoms with Gasteiger partial charge in [-0.1, -0.05) is 36.4 Å². The first kappa shape index (κ1) is 20.9. The summed E-state index contributed by atoms with van der Waals surface area (Å²) in [6.45, 7) is 10.6. The van der Waals surface area contributed by atoms with Gasteiger partial charge in [0, 0.05) is 24.3 Å². The topological polar surface area (TPSA) is 48.3 Å². The van der Waals surface area contributed by atoms with Crippen LogP contribution in [0.4, 0.5) is 0 Å². The third-order valence-corrected chi connectivity index (χ3v) is 4.93. The van der Waals surface area contributed by atoms with E-state index >= 15 is 0 Å². The van der Waals surface area contributed by atoms with E-state index in [4.69, 9.17) is 14.6 Å². The fraction of sp³-hybridized carbons (Fsp3) is 0.375. The van der Waals surface area contributed by atoms with Gasteiger partial charge < -0.3 is 14.8 Å². The summed E-state index contributed by atoms with van der Waals surface area (Å²) in [5.41, 5.74) is 5.95. The molecule has 3 aromatic rings. The Bertz CT molecular complexity index is 933. The zero-order chi connectivity index (χ0) is 20.8. The molecule has 0 atom stereocenters. The van der Waals surface area contributed by atoms with E-state index in [2.05, 4.69) is 54.2 Å². The van der Waals surface area contributed by atoms with Gasteiger partial charge in [0.2, 0.25) is 0 Å². The first-order chi connectivity index (χ1) is 14.0. The standard InChI is InChI=1S/C24H31N3O2/c1-17(2)29-23-12-11-21(13-24(23)28-5)14-25-15-22-18(3)26-27(19(22)4)16-20-9-7-6-8-10-20/h6-13,17,25H,14-16H2,1-5H3. The van der Waals surface area contributed by atoms with Gasteiger partial charge in [0.15, 0.2) is 11.5 Å². The zero-order valence-corrected chi connectivity index (χ0v) is 18.0. The molecule has 0 amide bonds. The van der Waals surface area contributed by atoms with Crippen molar-refractivity contribution < 1.29 is 9.47 Å². The Morgan fingerprint density at radius 2 is 1.72 bits per heavy atom. The van der Waals surface area contributed by atoms with Crippen LogP contribution >= 0.6 is 0 Å². The summed E-state index contributed by atoms with van der Waals surface area (Å²) in [5.74, 6) is 1.54. The molecule has 5 heteroatoms. The Hall–Kier alpha value is -2.79. The van der Waals surface area contributed by atoms with Crippen LogP contribution in [0.25, 0.3) is 0 Å². The van der Waals surface area contributed by atoms with Crippen molar-refractivity contribution in [3.8, 4) is 11.5 Å². The van der Waals surface area contributed by atoms with Crippen molar-refractivity contribution in [3.05, 3.63) is 76.6 Å². The molecule has 2 aromatic carbocycles. The van der Waals surface area contributed by atoms with Crippen LogP contribution in [-0.4, -0.2) is 23.0 Å². The van der Waals surface area contributed by atoms with Crippen LogP contribution in [-0.2, 0) is 19.6 Å². The molecule has 154 valence electrons. The summed E-state index contributed by atoms with van der Waals surface area (Å²) in [4.78, 5) is 0. The van der Waals surface area contributed by atoms with E-state index in [0.29, 0.717) is 0 Å². The van der Waals surface area contributed by atoms with Crippen molar-refractivity contribution in [2.75, 3.05) is 7.11 Å². The van der Waals surface area contributed by atoms with E-state index in [1.54, 1.807) is 7.11 Å². The van der Waals surface area contributed by atoms with Gasteiger partial charge >= 0.3 is 0 Å². The highest BCUT2D eigenvalue weighted by Gasteiger charge is 2.12. The summed E-state index contributed by atoms with van der Waals surface area (Å²) >= 11 is 0. The maximum Gasteiger partial charge on any atom is 0.161 e. The fourth-order valence-corrected chi connectivity index (χ4v) is 3.41.